The first-order valence-corrected chi connectivity index (χ1v) is 10.8. The molecule has 0 radical (unpaired) electrons. The van der Waals surface area contributed by atoms with Crippen molar-refractivity contribution in [2.45, 2.75) is 52.4 Å². The average Bonchev–Trinajstić information content (AvgIpc) is 3.04. The third-order valence-electron chi connectivity index (χ3n) is 6.29. The van der Waals surface area contributed by atoms with Crippen LogP contribution in [0.2, 0.25) is 0 Å². The number of nitrogen functional groups attached to an aromatic ring is 1. The zero-order valence-electron chi connectivity index (χ0n) is 18.3. The van der Waals surface area contributed by atoms with Crippen molar-refractivity contribution in [2.75, 3.05) is 25.9 Å². The summed E-state index contributed by atoms with van der Waals surface area (Å²) >= 11 is 0. The molecule has 7 heteroatoms. The van der Waals surface area contributed by atoms with Gasteiger partial charge in [-0.05, 0) is 56.6 Å². The fraction of sp³-hybridized carbons (Fsp3) is 0.522. The molecule has 1 aliphatic rings. The first kappa shape index (κ1) is 21.7. The van der Waals surface area contributed by atoms with Gasteiger partial charge in [0.05, 0.1) is 11.4 Å². The number of aromatic nitrogens is 2. The van der Waals surface area contributed by atoms with E-state index in [0.717, 1.165) is 36.9 Å². The molecule has 1 aliphatic carbocycles. The van der Waals surface area contributed by atoms with Crippen LogP contribution >= 0.6 is 0 Å². The van der Waals surface area contributed by atoms with Gasteiger partial charge in [0.15, 0.2) is 5.96 Å². The number of nitrogens with two attached hydrogens (primary N) is 1. The molecule has 0 saturated heterocycles. The molecule has 1 fully saturated rings. The number of nitrogens with zero attached hydrogens (tertiary/aromatic N) is 4. The first-order chi connectivity index (χ1) is 14.5. The lowest BCUT2D eigenvalue weighted by molar-refractivity contribution is 0.131. The number of benzene rings is 1. The van der Waals surface area contributed by atoms with Crippen molar-refractivity contribution in [1.29, 1.82) is 5.26 Å². The topological polar surface area (TPSA) is 104 Å². The molecule has 0 atom stereocenters. The van der Waals surface area contributed by atoms with E-state index in [0.29, 0.717) is 23.2 Å². The van der Waals surface area contributed by atoms with Gasteiger partial charge in [-0.3, -0.25) is 4.99 Å². The smallest absolute Gasteiger partial charge is 0.190 e. The second kappa shape index (κ2) is 9.66. The summed E-state index contributed by atoms with van der Waals surface area (Å²) in [6.07, 6.45) is 6.65. The van der Waals surface area contributed by atoms with E-state index in [1.165, 1.54) is 31.2 Å². The molecule has 2 aromatic rings. The summed E-state index contributed by atoms with van der Waals surface area (Å²) in [5.41, 5.74) is 9.88. The van der Waals surface area contributed by atoms with Crippen molar-refractivity contribution in [3.63, 3.8) is 0 Å². The normalized spacial score (nSPS) is 15.3. The Morgan fingerprint density at radius 1 is 1.30 bits per heavy atom. The summed E-state index contributed by atoms with van der Waals surface area (Å²) < 4.78 is 1.66. The van der Waals surface area contributed by atoms with Crippen molar-refractivity contribution in [3.8, 4) is 11.8 Å². The molecule has 160 valence electrons. The quantitative estimate of drug-likeness (QED) is 0.354. The van der Waals surface area contributed by atoms with Gasteiger partial charge in [-0.1, -0.05) is 31.0 Å². The van der Waals surface area contributed by atoms with Gasteiger partial charge >= 0.3 is 0 Å². The number of nitrogens with one attached hydrogen (secondary N) is 2. The van der Waals surface area contributed by atoms with Crippen LogP contribution < -0.4 is 16.4 Å². The molecule has 1 aromatic heterocycles. The standard InChI is InChI=1S/C23H33N7/c1-4-23(12-6-13-23)16-28-22(26-3)27-14-5-7-20-19(15-24)21(25)30(29-20)18-10-8-17(2)9-11-18/h8-11H,4-7,12-14,16,25H2,1-3H3,(H2,26,27,28). The van der Waals surface area contributed by atoms with E-state index in [1.54, 1.807) is 11.7 Å². The summed E-state index contributed by atoms with van der Waals surface area (Å²) in [5, 5.41) is 21.0. The van der Waals surface area contributed by atoms with Gasteiger partial charge in [0.1, 0.15) is 17.5 Å². The second-order valence-corrected chi connectivity index (χ2v) is 8.23. The van der Waals surface area contributed by atoms with Crippen LogP contribution in [-0.2, 0) is 6.42 Å². The Bertz CT molecular complexity index is 909. The molecular formula is C23H33N7. The molecule has 0 spiro atoms. The lowest BCUT2D eigenvalue weighted by atomic mass is 9.67. The summed E-state index contributed by atoms with van der Waals surface area (Å²) in [6, 6.07) is 10.2. The van der Waals surface area contributed by atoms with Crippen molar-refractivity contribution in [1.82, 2.24) is 20.4 Å². The van der Waals surface area contributed by atoms with Crippen LogP contribution in [0.3, 0.4) is 0 Å². The summed E-state index contributed by atoms with van der Waals surface area (Å²) in [4.78, 5) is 4.33. The van der Waals surface area contributed by atoms with Gasteiger partial charge in [0, 0.05) is 20.1 Å². The number of rotatable bonds is 8. The number of guanidine groups is 1. The van der Waals surface area contributed by atoms with Gasteiger partial charge in [-0.15, -0.1) is 0 Å². The summed E-state index contributed by atoms with van der Waals surface area (Å²) in [5.74, 6) is 1.23. The van der Waals surface area contributed by atoms with E-state index in [2.05, 4.69) is 33.7 Å². The van der Waals surface area contributed by atoms with E-state index >= 15 is 0 Å². The highest BCUT2D eigenvalue weighted by Gasteiger charge is 2.34. The van der Waals surface area contributed by atoms with E-state index in [9.17, 15) is 5.26 Å². The zero-order chi connectivity index (χ0) is 21.6. The minimum atomic E-state index is 0.396. The number of aryl methyl sites for hydroxylation is 2. The summed E-state index contributed by atoms with van der Waals surface area (Å²) in [6.45, 7) is 6.03. The maximum atomic E-state index is 9.56. The molecule has 1 saturated carbocycles. The maximum Gasteiger partial charge on any atom is 0.190 e. The first-order valence-electron chi connectivity index (χ1n) is 10.8. The number of aliphatic imine (C=N–C) groups is 1. The average molecular weight is 408 g/mol. The SMILES string of the molecule is CCC1(CNC(=NC)NCCCc2nn(-c3ccc(C)cc3)c(N)c2C#N)CCC1. The minimum absolute atomic E-state index is 0.396. The largest absolute Gasteiger partial charge is 0.382 e. The molecule has 30 heavy (non-hydrogen) atoms. The highest BCUT2D eigenvalue weighted by Crippen LogP contribution is 2.42. The van der Waals surface area contributed by atoms with Gasteiger partial charge < -0.3 is 16.4 Å². The van der Waals surface area contributed by atoms with Crippen molar-refractivity contribution in [3.05, 3.63) is 41.1 Å². The Balaban J connectivity index is 1.54. The van der Waals surface area contributed by atoms with Crippen LogP contribution in [0.5, 0.6) is 0 Å². The van der Waals surface area contributed by atoms with E-state index in [4.69, 9.17) is 5.73 Å². The lowest BCUT2D eigenvalue weighted by Gasteiger charge is -2.41. The third kappa shape index (κ3) is 4.76. The molecule has 1 heterocycles. The van der Waals surface area contributed by atoms with Gasteiger partial charge in [0.25, 0.3) is 0 Å². The summed E-state index contributed by atoms with van der Waals surface area (Å²) in [7, 11) is 1.80. The number of anilines is 1. The Kier molecular flexibility index (Phi) is 6.99. The van der Waals surface area contributed by atoms with Crippen LogP contribution in [0.25, 0.3) is 5.69 Å². The Hall–Kier alpha value is -3.01. The zero-order valence-corrected chi connectivity index (χ0v) is 18.3. The van der Waals surface area contributed by atoms with Gasteiger partial charge in [-0.2, -0.15) is 10.4 Å². The van der Waals surface area contributed by atoms with E-state index in [-0.39, 0.29) is 0 Å². The van der Waals surface area contributed by atoms with Crippen molar-refractivity contribution in [2.24, 2.45) is 10.4 Å². The van der Waals surface area contributed by atoms with Gasteiger partial charge in [-0.25, -0.2) is 4.68 Å². The van der Waals surface area contributed by atoms with Crippen LogP contribution in [0.1, 0.15) is 55.8 Å². The van der Waals surface area contributed by atoms with Crippen molar-refractivity contribution < 1.29 is 0 Å². The Morgan fingerprint density at radius 2 is 2.03 bits per heavy atom. The highest BCUT2D eigenvalue weighted by atomic mass is 15.3. The molecule has 0 bridgehead atoms. The van der Waals surface area contributed by atoms with Crippen LogP contribution in [0, 0.1) is 23.7 Å². The molecule has 0 aliphatic heterocycles. The van der Waals surface area contributed by atoms with Crippen LogP contribution in [0.4, 0.5) is 5.82 Å². The monoisotopic (exact) mass is 407 g/mol. The number of nitriles is 1. The number of hydrogen-bond donors (Lipinski definition) is 3. The Labute approximate surface area is 179 Å². The molecule has 1 aromatic carbocycles. The molecule has 4 N–H and O–H groups in total. The Morgan fingerprint density at radius 3 is 2.60 bits per heavy atom. The molecule has 3 rings (SSSR count). The van der Waals surface area contributed by atoms with E-state index < -0.39 is 0 Å². The van der Waals surface area contributed by atoms with Crippen LogP contribution in [-0.4, -0.2) is 35.9 Å². The number of hydrogen-bond acceptors (Lipinski definition) is 4. The fourth-order valence-electron chi connectivity index (χ4n) is 3.94. The molecule has 0 unspecified atom stereocenters. The maximum absolute atomic E-state index is 9.56. The lowest BCUT2D eigenvalue weighted by Crippen LogP contribution is -2.46. The third-order valence-corrected chi connectivity index (χ3v) is 6.29. The predicted molar refractivity (Wildman–Crippen MR) is 122 cm³/mol. The van der Waals surface area contributed by atoms with Crippen LogP contribution in [0.15, 0.2) is 29.3 Å². The molecular weight excluding hydrogens is 374 g/mol. The highest BCUT2D eigenvalue weighted by molar-refractivity contribution is 5.79. The minimum Gasteiger partial charge on any atom is -0.382 e. The predicted octanol–water partition coefficient (Wildman–Crippen LogP) is 3.31. The van der Waals surface area contributed by atoms with Gasteiger partial charge in [0.2, 0.25) is 0 Å². The fourth-order valence-corrected chi connectivity index (χ4v) is 3.94. The molecule has 0 amide bonds. The van der Waals surface area contributed by atoms with E-state index in [1.807, 2.05) is 31.2 Å². The second-order valence-electron chi connectivity index (χ2n) is 8.23. The molecule has 7 nitrogen and oxygen atoms in total. The van der Waals surface area contributed by atoms with Crippen molar-refractivity contribution >= 4 is 11.8 Å².